The minimum atomic E-state index is -1.01. The summed E-state index contributed by atoms with van der Waals surface area (Å²) in [6.45, 7) is 0. The summed E-state index contributed by atoms with van der Waals surface area (Å²) >= 11 is 1.26. The number of amides is 2. The van der Waals surface area contributed by atoms with E-state index in [1.54, 1.807) is 29.6 Å². The smallest absolute Gasteiger partial charge is 0.353 e. The van der Waals surface area contributed by atoms with Gasteiger partial charge in [0.1, 0.15) is 10.7 Å². The zero-order chi connectivity index (χ0) is 22.2. The van der Waals surface area contributed by atoms with Crippen LogP contribution in [0, 0.1) is 5.82 Å². The van der Waals surface area contributed by atoms with Crippen LogP contribution in [-0.2, 0) is 9.59 Å². The van der Waals surface area contributed by atoms with Gasteiger partial charge in [-0.05, 0) is 59.5 Å². The standard InChI is InChI=1S/C21H16FN3O5S/c1-29-17-11-13(4-9-16(17)30-21(28)18-3-2-10-31-18)12-23-25-20(27)19(26)24-15-7-5-14(22)6-8-15/h2-12H,1H3,(H,24,26)(H,25,27)/b23-12+. The van der Waals surface area contributed by atoms with Crippen LogP contribution in [0.4, 0.5) is 10.1 Å². The summed E-state index contributed by atoms with van der Waals surface area (Å²) in [6, 6.07) is 13.0. The minimum absolute atomic E-state index is 0.223. The fraction of sp³-hybridized carbons (Fsp3) is 0.0476. The van der Waals surface area contributed by atoms with Crippen LogP contribution in [0.2, 0.25) is 0 Å². The third-order valence-corrected chi connectivity index (χ3v) is 4.65. The lowest BCUT2D eigenvalue weighted by molar-refractivity contribution is -0.136. The molecule has 0 bridgehead atoms. The Labute approximate surface area is 180 Å². The monoisotopic (exact) mass is 441 g/mol. The van der Waals surface area contributed by atoms with Gasteiger partial charge in [-0.2, -0.15) is 5.10 Å². The molecule has 0 radical (unpaired) electrons. The minimum Gasteiger partial charge on any atom is -0.493 e. The van der Waals surface area contributed by atoms with Gasteiger partial charge in [0, 0.05) is 5.69 Å². The molecule has 0 aliphatic heterocycles. The number of carbonyl (C=O) groups excluding carboxylic acids is 3. The number of ether oxygens (including phenoxy) is 2. The van der Waals surface area contributed by atoms with Gasteiger partial charge in [0.15, 0.2) is 11.5 Å². The molecule has 2 amide bonds. The summed E-state index contributed by atoms with van der Waals surface area (Å²) in [4.78, 5) is 36.2. The van der Waals surface area contributed by atoms with Crippen molar-refractivity contribution in [3.63, 3.8) is 0 Å². The van der Waals surface area contributed by atoms with Crippen LogP contribution in [0.5, 0.6) is 11.5 Å². The van der Waals surface area contributed by atoms with E-state index in [0.29, 0.717) is 10.4 Å². The maximum absolute atomic E-state index is 12.9. The number of thiophene rings is 1. The van der Waals surface area contributed by atoms with Gasteiger partial charge in [0.25, 0.3) is 0 Å². The number of anilines is 1. The van der Waals surface area contributed by atoms with Gasteiger partial charge in [0.05, 0.1) is 13.3 Å². The quantitative estimate of drug-likeness (QED) is 0.201. The highest BCUT2D eigenvalue weighted by atomic mass is 32.1. The fourth-order valence-electron chi connectivity index (χ4n) is 2.33. The number of nitrogens with zero attached hydrogens (tertiary/aromatic N) is 1. The van der Waals surface area contributed by atoms with Crippen molar-refractivity contribution >= 4 is 41.0 Å². The van der Waals surface area contributed by atoms with Gasteiger partial charge in [-0.25, -0.2) is 14.6 Å². The predicted octanol–water partition coefficient (Wildman–Crippen LogP) is 3.20. The lowest BCUT2D eigenvalue weighted by atomic mass is 10.2. The first-order valence-corrected chi connectivity index (χ1v) is 9.68. The number of hydrazone groups is 1. The third kappa shape index (κ3) is 5.97. The van der Waals surface area contributed by atoms with Gasteiger partial charge >= 0.3 is 17.8 Å². The lowest BCUT2D eigenvalue weighted by Gasteiger charge is -2.09. The molecule has 3 aromatic rings. The summed E-state index contributed by atoms with van der Waals surface area (Å²) in [5, 5.41) is 7.80. The number of benzene rings is 2. The van der Waals surface area contributed by atoms with E-state index in [9.17, 15) is 18.8 Å². The zero-order valence-electron chi connectivity index (χ0n) is 16.1. The summed E-state index contributed by atoms with van der Waals surface area (Å²) in [6.07, 6.45) is 1.29. The predicted molar refractivity (Wildman–Crippen MR) is 113 cm³/mol. The molecule has 0 saturated heterocycles. The maximum Gasteiger partial charge on any atom is 0.353 e. The average Bonchev–Trinajstić information content (AvgIpc) is 3.31. The van der Waals surface area contributed by atoms with Crippen molar-refractivity contribution in [2.24, 2.45) is 5.10 Å². The van der Waals surface area contributed by atoms with E-state index in [4.69, 9.17) is 9.47 Å². The molecule has 31 heavy (non-hydrogen) atoms. The van der Waals surface area contributed by atoms with Crippen LogP contribution >= 0.6 is 11.3 Å². The van der Waals surface area contributed by atoms with E-state index in [1.807, 2.05) is 0 Å². The Morgan fingerprint density at radius 1 is 1.03 bits per heavy atom. The van der Waals surface area contributed by atoms with Gasteiger partial charge in [-0.1, -0.05) is 6.07 Å². The molecule has 10 heteroatoms. The van der Waals surface area contributed by atoms with Gasteiger partial charge in [-0.15, -0.1) is 11.3 Å². The molecule has 0 fully saturated rings. The molecule has 0 spiro atoms. The molecule has 1 heterocycles. The van der Waals surface area contributed by atoms with Crippen molar-refractivity contribution in [3.05, 3.63) is 76.2 Å². The van der Waals surface area contributed by atoms with Crippen molar-refractivity contribution in [2.75, 3.05) is 12.4 Å². The third-order valence-electron chi connectivity index (χ3n) is 3.80. The van der Waals surface area contributed by atoms with Crippen molar-refractivity contribution in [3.8, 4) is 11.5 Å². The first-order valence-electron chi connectivity index (χ1n) is 8.80. The second-order valence-electron chi connectivity index (χ2n) is 5.94. The molecule has 3 rings (SSSR count). The molecule has 8 nitrogen and oxygen atoms in total. The van der Waals surface area contributed by atoms with Crippen LogP contribution in [0.1, 0.15) is 15.2 Å². The summed E-state index contributed by atoms with van der Waals surface area (Å²) < 4.78 is 23.4. The molecular formula is C21H16FN3O5S. The Morgan fingerprint density at radius 3 is 2.48 bits per heavy atom. The van der Waals surface area contributed by atoms with Crippen molar-refractivity contribution in [2.45, 2.75) is 0 Å². The second-order valence-corrected chi connectivity index (χ2v) is 6.88. The van der Waals surface area contributed by atoms with Crippen LogP contribution in [-0.4, -0.2) is 31.1 Å². The lowest BCUT2D eigenvalue weighted by Crippen LogP contribution is -2.32. The number of nitrogens with one attached hydrogen (secondary N) is 2. The second kappa shape index (κ2) is 10.1. The van der Waals surface area contributed by atoms with E-state index in [0.717, 1.165) is 12.1 Å². The largest absolute Gasteiger partial charge is 0.493 e. The van der Waals surface area contributed by atoms with Crippen molar-refractivity contribution < 1.29 is 28.2 Å². The SMILES string of the molecule is COc1cc(/C=N/NC(=O)C(=O)Nc2ccc(F)cc2)ccc1OC(=O)c1cccs1. The van der Waals surface area contributed by atoms with E-state index in [-0.39, 0.29) is 17.2 Å². The number of esters is 1. The molecule has 0 atom stereocenters. The Hall–Kier alpha value is -4.05. The molecule has 0 saturated carbocycles. The van der Waals surface area contributed by atoms with Gasteiger partial charge < -0.3 is 14.8 Å². The highest BCUT2D eigenvalue weighted by Crippen LogP contribution is 2.28. The van der Waals surface area contributed by atoms with Gasteiger partial charge in [-0.3, -0.25) is 9.59 Å². The summed E-state index contributed by atoms with van der Waals surface area (Å²) in [7, 11) is 1.42. The number of halogens is 1. The molecule has 0 unspecified atom stereocenters. The first-order chi connectivity index (χ1) is 15.0. The molecule has 2 aromatic carbocycles. The molecule has 158 valence electrons. The topological polar surface area (TPSA) is 106 Å². The fourth-order valence-corrected chi connectivity index (χ4v) is 2.93. The Bertz CT molecular complexity index is 1110. The zero-order valence-corrected chi connectivity index (χ0v) is 16.9. The molecular weight excluding hydrogens is 425 g/mol. The van der Waals surface area contributed by atoms with Crippen molar-refractivity contribution in [1.29, 1.82) is 0 Å². The Kier molecular flexibility index (Phi) is 7.07. The first kappa shape index (κ1) is 21.7. The van der Waals surface area contributed by atoms with Crippen molar-refractivity contribution in [1.82, 2.24) is 5.43 Å². The van der Waals surface area contributed by atoms with Crippen LogP contribution < -0.4 is 20.2 Å². The number of methoxy groups -OCH3 is 1. The van der Waals surface area contributed by atoms with Crippen LogP contribution in [0.3, 0.4) is 0 Å². The van der Waals surface area contributed by atoms with Gasteiger partial charge in [0.2, 0.25) is 0 Å². The molecule has 1 aromatic heterocycles. The Balaban J connectivity index is 1.58. The number of rotatable bonds is 6. The molecule has 2 N–H and O–H groups in total. The van der Waals surface area contributed by atoms with E-state index in [1.165, 1.54) is 42.9 Å². The normalized spacial score (nSPS) is 10.5. The maximum atomic E-state index is 12.9. The average molecular weight is 441 g/mol. The number of carbonyl (C=O) groups is 3. The highest BCUT2D eigenvalue weighted by molar-refractivity contribution is 7.12. The summed E-state index contributed by atoms with van der Waals surface area (Å²) in [5.41, 5.74) is 2.87. The number of hydrogen-bond donors (Lipinski definition) is 2. The highest BCUT2D eigenvalue weighted by Gasteiger charge is 2.14. The van der Waals surface area contributed by atoms with E-state index in [2.05, 4.69) is 15.8 Å². The van der Waals surface area contributed by atoms with Crippen LogP contribution in [0.15, 0.2) is 65.1 Å². The molecule has 0 aliphatic rings. The van der Waals surface area contributed by atoms with E-state index < -0.39 is 23.6 Å². The van der Waals surface area contributed by atoms with Crippen LogP contribution in [0.25, 0.3) is 0 Å². The summed E-state index contributed by atoms with van der Waals surface area (Å²) in [5.74, 6) is -2.43. The molecule has 0 aliphatic carbocycles. The van der Waals surface area contributed by atoms with E-state index >= 15 is 0 Å². The Morgan fingerprint density at radius 2 is 1.81 bits per heavy atom. The number of hydrogen-bond acceptors (Lipinski definition) is 7.